The fourth-order valence-electron chi connectivity index (χ4n) is 1.85. The number of carbonyl (C=O) groups excluding carboxylic acids is 2. The van der Waals surface area contributed by atoms with Gasteiger partial charge in [0.25, 0.3) is 0 Å². The number of aliphatic carboxylic acids is 1. The number of aromatic nitrogens is 3. The summed E-state index contributed by atoms with van der Waals surface area (Å²) in [5, 5.41) is 24.2. The number of methoxy groups -OCH3 is 1. The van der Waals surface area contributed by atoms with E-state index in [1.54, 1.807) is 6.07 Å². The van der Waals surface area contributed by atoms with Gasteiger partial charge in [-0.15, -0.1) is 0 Å². The van der Waals surface area contributed by atoms with E-state index in [9.17, 15) is 19.5 Å². The molecule has 0 radical (unpaired) electrons. The number of carboxylic acid groups (broad SMARTS) is 1. The minimum absolute atomic E-state index is 0.00808. The van der Waals surface area contributed by atoms with Gasteiger partial charge in [-0.2, -0.15) is 15.0 Å². The molecular weight excluding hydrogens is 406 g/mol. The van der Waals surface area contributed by atoms with E-state index in [-0.39, 0.29) is 40.2 Å². The maximum absolute atomic E-state index is 11.2. The first-order valence-electron chi connectivity index (χ1n) is 7.85. The van der Waals surface area contributed by atoms with Crippen LogP contribution in [0, 0.1) is 0 Å². The number of rotatable bonds is 8. The number of anilines is 4. The van der Waals surface area contributed by atoms with Crippen LogP contribution in [-0.2, 0) is 14.3 Å². The lowest BCUT2D eigenvalue weighted by molar-refractivity contribution is -0.133. The molecule has 0 unspecified atom stereocenters. The van der Waals surface area contributed by atoms with Crippen LogP contribution in [0.4, 0.5) is 28.1 Å². The summed E-state index contributed by atoms with van der Waals surface area (Å²) in [4.78, 5) is 45.2. The van der Waals surface area contributed by atoms with Crippen LogP contribution in [-0.4, -0.2) is 56.0 Å². The highest BCUT2D eigenvalue weighted by Crippen LogP contribution is 2.28. The van der Waals surface area contributed by atoms with Gasteiger partial charge in [0.2, 0.25) is 17.8 Å². The topological polar surface area (TPSA) is 188 Å². The molecule has 0 aliphatic rings. The number of hydrogen-bond acceptors (Lipinski definition) is 11. The van der Waals surface area contributed by atoms with Crippen LogP contribution in [0.2, 0.25) is 0 Å². The zero-order chi connectivity index (χ0) is 21.4. The molecule has 1 aromatic heterocycles. The molecule has 0 aliphatic carbocycles. The zero-order valence-corrected chi connectivity index (χ0v) is 16.0. The predicted molar refractivity (Wildman–Crippen MR) is 103 cm³/mol. The number of benzene rings is 1. The van der Waals surface area contributed by atoms with Gasteiger partial charge in [-0.1, -0.05) is 11.8 Å². The van der Waals surface area contributed by atoms with Gasteiger partial charge >= 0.3 is 12.1 Å². The Hall–Kier alpha value is -3.81. The van der Waals surface area contributed by atoms with Crippen LogP contribution in [0.3, 0.4) is 0 Å². The molecule has 1 aromatic carbocycles. The molecule has 1 heterocycles. The minimum Gasteiger partial charge on any atom is -0.506 e. The average Bonchev–Trinajstić information content (AvgIpc) is 2.66. The second-order valence-electron chi connectivity index (χ2n) is 5.23. The molecule has 0 saturated carbocycles. The van der Waals surface area contributed by atoms with E-state index in [2.05, 4.69) is 41.2 Å². The Morgan fingerprint density at radius 1 is 1.17 bits per heavy atom. The number of aromatic hydroxyl groups is 1. The second kappa shape index (κ2) is 9.93. The highest BCUT2D eigenvalue weighted by molar-refractivity contribution is 7.99. The molecular formula is C15H17N7O6S. The first kappa shape index (κ1) is 21.5. The lowest BCUT2D eigenvalue weighted by Crippen LogP contribution is -2.30. The van der Waals surface area contributed by atoms with E-state index in [0.717, 1.165) is 11.8 Å². The van der Waals surface area contributed by atoms with Crippen LogP contribution in [0.5, 0.6) is 5.75 Å². The fourth-order valence-corrected chi connectivity index (χ4v) is 2.41. The highest BCUT2D eigenvalue weighted by atomic mass is 32.2. The number of carboxylic acids is 1. The molecule has 2 aromatic rings. The van der Waals surface area contributed by atoms with Crippen molar-refractivity contribution in [2.24, 2.45) is 0 Å². The van der Waals surface area contributed by atoms with Crippen molar-refractivity contribution in [1.82, 2.24) is 20.4 Å². The molecule has 0 bridgehead atoms. The Bertz CT molecular complexity index is 926. The van der Waals surface area contributed by atoms with Crippen LogP contribution >= 0.6 is 11.8 Å². The van der Waals surface area contributed by atoms with Crippen molar-refractivity contribution in [3.05, 3.63) is 18.2 Å². The number of amides is 2. The first-order valence-corrected chi connectivity index (χ1v) is 8.83. The number of hydrogen-bond donors (Lipinski definition) is 6. The summed E-state index contributed by atoms with van der Waals surface area (Å²) in [5.41, 5.74) is 5.18. The van der Waals surface area contributed by atoms with Gasteiger partial charge in [-0.05, 0) is 12.1 Å². The van der Waals surface area contributed by atoms with E-state index in [1.807, 2.05) is 0 Å². The molecule has 0 aliphatic heterocycles. The molecule has 0 saturated heterocycles. The monoisotopic (exact) mass is 423 g/mol. The van der Waals surface area contributed by atoms with Gasteiger partial charge in [0.1, 0.15) is 5.75 Å². The van der Waals surface area contributed by atoms with Crippen LogP contribution < -0.4 is 21.5 Å². The van der Waals surface area contributed by atoms with Gasteiger partial charge in [0.05, 0.1) is 18.6 Å². The second-order valence-corrected chi connectivity index (χ2v) is 6.17. The number of ether oxygens (including phenoxy) is 1. The first-order chi connectivity index (χ1) is 13.8. The van der Waals surface area contributed by atoms with Crippen molar-refractivity contribution >= 4 is 53.0 Å². The van der Waals surface area contributed by atoms with E-state index in [0.29, 0.717) is 5.69 Å². The van der Waals surface area contributed by atoms with E-state index >= 15 is 0 Å². The smallest absolute Gasteiger partial charge is 0.425 e. The molecule has 2 rings (SSSR count). The summed E-state index contributed by atoms with van der Waals surface area (Å²) in [5.74, 6) is -1.96. The van der Waals surface area contributed by atoms with Crippen LogP contribution in [0.1, 0.15) is 6.92 Å². The molecule has 6 N–H and O–H groups in total. The molecule has 0 spiro atoms. The van der Waals surface area contributed by atoms with Gasteiger partial charge in [-0.3, -0.25) is 15.0 Å². The Labute approximate surface area is 168 Å². The quantitative estimate of drug-likeness (QED) is 0.202. The molecule has 2 amide bonds. The third-order valence-electron chi connectivity index (χ3n) is 2.97. The van der Waals surface area contributed by atoms with Crippen molar-refractivity contribution in [2.45, 2.75) is 12.1 Å². The van der Waals surface area contributed by atoms with Crippen molar-refractivity contribution in [3.8, 4) is 5.75 Å². The molecule has 29 heavy (non-hydrogen) atoms. The third kappa shape index (κ3) is 7.02. The summed E-state index contributed by atoms with van der Waals surface area (Å²) < 4.78 is 4.42. The highest BCUT2D eigenvalue weighted by Gasteiger charge is 2.11. The summed E-state index contributed by atoms with van der Waals surface area (Å²) in [6.07, 6.45) is -0.793. The number of hydrazine groups is 1. The van der Waals surface area contributed by atoms with Gasteiger partial charge in [-0.25, -0.2) is 10.2 Å². The molecule has 0 fully saturated rings. The van der Waals surface area contributed by atoms with Gasteiger partial charge in [0, 0.05) is 18.7 Å². The number of thioether (sulfide) groups is 1. The Kier molecular flexibility index (Phi) is 7.36. The summed E-state index contributed by atoms with van der Waals surface area (Å²) in [7, 11) is 1.17. The SMILES string of the molecule is COC(=O)NNc1nc(Nc2ccc(NC(C)=O)c(O)c2)nc(SCC(=O)O)n1. The third-order valence-corrected chi connectivity index (χ3v) is 3.80. The maximum atomic E-state index is 11.2. The maximum Gasteiger partial charge on any atom is 0.425 e. The van der Waals surface area contributed by atoms with Crippen molar-refractivity contribution in [3.63, 3.8) is 0 Å². The Balaban J connectivity index is 2.23. The minimum atomic E-state index is -1.06. The zero-order valence-electron chi connectivity index (χ0n) is 15.2. The summed E-state index contributed by atoms with van der Waals surface area (Å²) >= 11 is 0.837. The fraction of sp³-hybridized carbons (Fsp3) is 0.200. The predicted octanol–water partition coefficient (Wildman–Crippen LogP) is 1.14. The van der Waals surface area contributed by atoms with Gasteiger partial charge < -0.3 is 25.6 Å². The normalized spacial score (nSPS) is 10.0. The molecule has 154 valence electrons. The number of phenolic OH excluding ortho intramolecular Hbond substituents is 1. The standard InChI is InChI=1S/C15H17N7O6S/c1-7(23)16-9-4-3-8(5-10(9)24)17-12-18-13(21-22-15(27)28-2)20-14(19-12)29-6-11(25)26/h3-5,24H,6H2,1-2H3,(H,16,23)(H,22,27)(H,25,26)(H2,17,18,19,20,21). The molecule has 13 nitrogen and oxygen atoms in total. The Morgan fingerprint density at radius 2 is 1.90 bits per heavy atom. The Morgan fingerprint density at radius 3 is 2.52 bits per heavy atom. The number of phenols is 1. The lowest BCUT2D eigenvalue weighted by Gasteiger charge is -2.11. The van der Waals surface area contributed by atoms with E-state index in [1.165, 1.54) is 26.2 Å². The number of nitrogens with one attached hydrogen (secondary N) is 4. The van der Waals surface area contributed by atoms with Crippen molar-refractivity contribution in [2.75, 3.05) is 28.9 Å². The lowest BCUT2D eigenvalue weighted by atomic mass is 10.2. The van der Waals surface area contributed by atoms with Crippen LogP contribution in [0.25, 0.3) is 0 Å². The van der Waals surface area contributed by atoms with Crippen molar-refractivity contribution < 1.29 is 29.3 Å². The molecule has 14 heteroatoms. The van der Waals surface area contributed by atoms with E-state index in [4.69, 9.17) is 5.11 Å². The van der Waals surface area contributed by atoms with Crippen LogP contribution in [0.15, 0.2) is 23.4 Å². The summed E-state index contributed by atoms with van der Waals surface area (Å²) in [6, 6.07) is 4.36. The van der Waals surface area contributed by atoms with Crippen molar-refractivity contribution in [1.29, 1.82) is 0 Å². The average molecular weight is 423 g/mol. The largest absolute Gasteiger partial charge is 0.506 e. The summed E-state index contributed by atoms with van der Waals surface area (Å²) in [6.45, 7) is 1.31. The van der Waals surface area contributed by atoms with E-state index < -0.39 is 12.1 Å². The van der Waals surface area contributed by atoms with Gasteiger partial charge in [0.15, 0.2) is 5.16 Å². The number of carbonyl (C=O) groups is 3. The number of nitrogens with zero attached hydrogens (tertiary/aromatic N) is 3. The molecule has 0 atom stereocenters.